The zero-order chi connectivity index (χ0) is 17.7. The van der Waals surface area contributed by atoms with Gasteiger partial charge in [0, 0.05) is 12.6 Å². The fourth-order valence-electron chi connectivity index (χ4n) is 3.09. The van der Waals surface area contributed by atoms with Crippen LogP contribution in [0.1, 0.15) is 52.3 Å². The van der Waals surface area contributed by atoms with Crippen LogP contribution in [0.3, 0.4) is 0 Å². The number of guanidine groups is 1. The summed E-state index contributed by atoms with van der Waals surface area (Å²) in [4.78, 5) is 9.07. The van der Waals surface area contributed by atoms with Crippen LogP contribution in [-0.4, -0.2) is 33.7 Å². The Balaban J connectivity index is 0.00000243. The van der Waals surface area contributed by atoms with Gasteiger partial charge in [-0.25, -0.2) is 9.98 Å². The van der Waals surface area contributed by atoms with E-state index in [2.05, 4.69) is 51.6 Å². The van der Waals surface area contributed by atoms with Crippen molar-refractivity contribution < 1.29 is 4.42 Å². The highest BCUT2D eigenvalue weighted by molar-refractivity contribution is 14.0. The number of furan rings is 1. The number of halogens is 1. The van der Waals surface area contributed by atoms with Gasteiger partial charge in [-0.1, -0.05) is 13.8 Å². The van der Waals surface area contributed by atoms with E-state index in [4.69, 9.17) is 4.42 Å². The minimum absolute atomic E-state index is 0. The Labute approximate surface area is 171 Å². The molecule has 0 aromatic carbocycles. The highest BCUT2D eigenvalue weighted by atomic mass is 127. The molecule has 7 nitrogen and oxygen atoms in total. The number of rotatable bonds is 5. The SMILES string of the molecule is CCNC(=NCc1nc(-c2ccco2)n[nH]1)NC1CCC(C)(C)CC1.I. The van der Waals surface area contributed by atoms with Gasteiger partial charge in [0.15, 0.2) is 11.7 Å². The molecule has 0 unspecified atom stereocenters. The monoisotopic (exact) mass is 472 g/mol. The number of aromatic amines is 1. The van der Waals surface area contributed by atoms with Crippen LogP contribution >= 0.6 is 24.0 Å². The first-order chi connectivity index (χ1) is 12.1. The van der Waals surface area contributed by atoms with Crippen molar-refractivity contribution in [3.8, 4) is 11.6 Å². The zero-order valence-electron chi connectivity index (χ0n) is 15.7. The first-order valence-corrected chi connectivity index (χ1v) is 9.06. The summed E-state index contributed by atoms with van der Waals surface area (Å²) in [5, 5.41) is 14.0. The molecule has 0 radical (unpaired) electrons. The van der Waals surface area contributed by atoms with Crippen molar-refractivity contribution in [2.75, 3.05) is 6.54 Å². The lowest BCUT2D eigenvalue weighted by Gasteiger charge is -2.35. The van der Waals surface area contributed by atoms with Gasteiger partial charge in [-0.05, 0) is 50.2 Å². The van der Waals surface area contributed by atoms with Gasteiger partial charge in [0.1, 0.15) is 12.4 Å². The van der Waals surface area contributed by atoms with Crippen LogP contribution in [0.5, 0.6) is 0 Å². The molecule has 0 amide bonds. The molecule has 3 rings (SSSR count). The lowest BCUT2D eigenvalue weighted by molar-refractivity contribution is 0.216. The van der Waals surface area contributed by atoms with Crippen LogP contribution in [0.25, 0.3) is 11.6 Å². The molecule has 2 heterocycles. The van der Waals surface area contributed by atoms with E-state index in [9.17, 15) is 0 Å². The van der Waals surface area contributed by atoms with Gasteiger partial charge >= 0.3 is 0 Å². The zero-order valence-corrected chi connectivity index (χ0v) is 18.0. The van der Waals surface area contributed by atoms with Gasteiger partial charge in [0.05, 0.1) is 6.26 Å². The number of hydrogen-bond donors (Lipinski definition) is 3. The first-order valence-electron chi connectivity index (χ1n) is 9.06. The Bertz CT molecular complexity index is 684. The third kappa shape index (κ3) is 5.72. The predicted octanol–water partition coefficient (Wildman–Crippen LogP) is 3.71. The van der Waals surface area contributed by atoms with Crippen LogP contribution < -0.4 is 10.6 Å². The highest BCUT2D eigenvalue weighted by Gasteiger charge is 2.27. The van der Waals surface area contributed by atoms with E-state index in [1.807, 2.05) is 12.1 Å². The van der Waals surface area contributed by atoms with Gasteiger partial charge in [0.2, 0.25) is 5.82 Å². The molecule has 144 valence electrons. The van der Waals surface area contributed by atoms with Crippen molar-refractivity contribution in [3.63, 3.8) is 0 Å². The van der Waals surface area contributed by atoms with Crippen molar-refractivity contribution in [3.05, 3.63) is 24.2 Å². The van der Waals surface area contributed by atoms with Gasteiger partial charge in [-0.2, -0.15) is 0 Å². The summed E-state index contributed by atoms with van der Waals surface area (Å²) >= 11 is 0. The number of H-pyrrole nitrogens is 1. The van der Waals surface area contributed by atoms with Crippen LogP contribution in [-0.2, 0) is 6.54 Å². The van der Waals surface area contributed by atoms with Crippen LogP contribution in [0.2, 0.25) is 0 Å². The Morgan fingerprint density at radius 3 is 2.81 bits per heavy atom. The average molecular weight is 472 g/mol. The molecule has 0 atom stereocenters. The summed E-state index contributed by atoms with van der Waals surface area (Å²) < 4.78 is 5.31. The molecule has 1 saturated carbocycles. The molecule has 26 heavy (non-hydrogen) atoms. The summed E-state index contributed by atoms with van der Waals surface area (Å²) in [7, 11) is 0. The van der Waals surface area contributed by atoms with Crippen molar-refractivity contribution in [1.82, 2.24) is 25.8 Å². The van der Waals surface area contributed by atoms with Gasteiger partial charge < -0.3 is 15.1 Å². The van der Waals surface area contributed by atoms with Crippen molar-refractivity contribution in [2.45, 2.75) is 59.0 Å². The molecule has 0 saturated heterocycles. The summed E-state index contributed by atoms with van der Waals surface area (Å²) in [6.45, 7) is 8.05. The van der Waals surface area contributed by atoms with Crippen molar-refractivity contribution in [2.24, 2.45) is 10.4 Å². The third-order valence-corrected chi connectivity index (χ3v) is 4.68. The fraction of sp³-hybridized carbons (Fsp3) is 0.611. The normalized spacial score (nSPS) is 17.6. The van der Waals surface area contributed by atoms with Gasteiger partial charge in [0.25, 0.3) is 0 Å². The smallest absolute Gasteiger partial charge is 0.216 e. The van der Waals surface area contributed by atoms with E-state index in [0.717, 1.165) is 12.5 Å². The first kappa shape index (κ1) is 20.7. The lowest BCUT2D eigenvalue weighted by Crippen LogP contribution is -2.45. The number of aromatic nitrogens is 3. The molecule has 1 aliphatic rings. The Kier molecular flexibility index (Phi) is 7.48. The average Bonchev–Trinajstić information content (AvgIpc) is 3.26. The maximum Gasteiger partial charge on any atom is 0.216 e. The number of nitrogens with one attached hydrogen (secondary N) is 3. The number of hydrogen-bond acceptors (Lipinski definition) is 4. The minimum Gasteiger partial charge on any atom is -0.461 e. The predicted molar refractivity (Wildman–Crippen MR) is 113 cm³/mol. The molecule has 8 heteroatoms. The number of aliphatic imine (C=N–C) groups is 1. The van der Waals surface area contributed by atoms with Crippen LogP contribution in [0, 0.1) is 5.41 Å². The van der Waals surface area contributed by atoms with Gasteiger partial charge in [-0.3, -0.25) is 5.10 Å². The molecule has 1 aliphatic carbocycles. The summed E-state index contributed by atoms with van der Waals surface area (Å²) in [6.07, 6.45) is 6.48. The molecule has 0 aliphatic heterocycles. The molecule has 0 bridgehead atoms. The van der Waals surface area contributed by atoms with E-state index in [1.54, 1.807) is 6.26 Å². The molecule has 2 aromatic rings. The minimum atomic E-state index is 0. The Morgan fingerprint density at radius 1 is 1.38 bits per heavy atom. The molecule has 3 N–H and O–H groups in total. The third-order valence-electron chi connectivity index (χ3n) is 4.68. The second kappa shape index (κ2) is 9.38. The topological polar surface area (TPSA) is 91.1 Å². The van der Waals surface area contributed by atoms with Crippen LogP contribution in [0.15, 0.2) is 27.8 Å². The molecule has 2 aromatic heterocycles. The highest BCUT2D eigenvalue weighted by Crippen LogP contribution is 2.34. The van der Waals surface area contributed by atoms with E-state index in [1.165, 1.54) is 25.7 Å². The fourth-order valence-corrected chi connectivity index (χ4v) is 3.09. The molecule has 1 fully saturated rings. The van der Waals surface area contributed by atoms with Gasteiger partial charge in [-0.15, -0.1) is 29.1 Å². The van der Waals surface area contributed by atoms with E-state index >= 15 is 0 Å². The van der Waals surface area contributed by atoms with Crippen molar-refractivity contribution in [1.29, 1.82) is 0 Å². The standard InChI is InChI=1S/C18H28N6O.HI/c1-4-19-17(21-13-7-9-18(2,3)10-8-13)20-12-15-22-16(24-23-15)14-6-5-11-25-14;/h5-6,11,13H,4,7-10,12H2,1-3H3,(H2,19,20,21)(H,22,23,24);1H. The molecular formula is C18H29IN6O. The lowest BCUT2D eigenvalue weighted by atomic mass is 9.75. The van der Waals surface area contributed by atoms with E-state index < -0.39 is 0 Å². The summed E-state index contributed by atoms with van der Waals surface area (Å²) in [5.41, 5.74) is 0.468. The second-order valence-electron chi connectivity index (χ2n) is 7.36. The van der Waals surface area contributed by atoms with E-state index in [-0.39, 0.29) is 24.0 Å². The Morgan fingerprint density at radius 2 is 2.15 bits per heavy atom. The largest absolute Gasteiger partial charge is 0.461 e. The van der Waals surface area contributed by atoms with E-state index in [0.29, 0.717) is 35.4 Å². The quantitative estimate of drug-likeness (QED) is 0.351. The van der Waals surface area contributed by atoms with Crippen molar-refractivity contribution >= 4 is 29.9 Å². The molecular weight excluding hydrogens is 443 g/mol. The summed E-state index contributed by atoms with van der Waals surface area (Å²) in [5.74, 6) is 2.76. The maximum atomic E-state index is 5.31. The Hall–Kier alpha value is -1.58. The molecule has 0 spiro atoms. The number of nitrogens with zero attached hydrogens (tertiary/aromatic N) is 3. The van der Waals surface area contributed by atoms with Crippen LogP contribution in [0.4, 0.5) is 0 Å². The second-order valence-corrected chi connectivity index (χ2v) is 7.36. The summed E-state index contributed by atoms with van der Waals surface area (Å²) in [6, 6.07) is 4.15. The maximum absolute atomic E-state index is 5.31.